The average molecular weight is 239 g/mol. The predicted octanol–water partition coefficient (Wildman–Crippen LogP) is 1.94. The molecule has 1 amide bonds. The Morgan fingerprint density at radius 1 is 1.35 bits per heavy atom. The van der Waals surface area contributed by atoms with Crippen molar-refractivity contribution in [3.63, 3.8) is 0 Å². The summed E-state index contributed by atoms with van der Waals surface area (Å²) in [5.74, 6) is 1.34. The van der Waals surface area contributed by atoms with E-state index in [9.17, 15) is 9.59 Å². The van der Waals surface area contributed by atoms with Gasteiger partial charge in [0.25, 0.3) is 0 Å². The lowest BCUT2D eigenvalue weighted by Gasteiger charge is -2.13. The van der Waals surface area contributed by atoms with Gasteiger partial charge in [0.2, 0.25) is 5.91 Å². The van der Waals surface area contributed by atoms with Crippen LogP contribution in [0, 0.1) is 12.3 Å². The molecule has 0 aliphatic carbocycles. The van der Waals surface area contributed by atoms with E-state index in [2.05, 4.69) is 11.2 Å². The molecule has 0 saturated heterocycles. The number of carboxylic acids is 1. The predicted molar refractivity (Wildman–Crippen MR) is 66.4 cm³/mol. The zero-order valence-electron chi connectivity index (χ0n) is 10.4. The summed E-state index contributed by atoms with van der Waals surface area (Å²) in [5.41, 5.74) is 0. The van der Waals surface area contributed by atoms with Gasteiger partial charge in [-0.15, -0.1) is 12.3 Å². The second kappa shape index (κ2) is 9.71. The van der Waals surface area contributed by atoms with E-state index in [4.69, 9.17) is 11.5 Å². The number of carboxylic acid groups (broad SMARTS) is 1. The summed E-state index contributed by atoms with van der Waals surface area (Å²) < 4.78 is 0. The highest BCUT2D eigenvalue weighted by atomic mass is 16.4. The van der Waals surface area contributed by atoms with Crippen molar-refractivity contribution < 1.29 is 14.7 Å². The number of rotatable bonds is 9. The van der Waals surface area contributed by atoms with Gasteiger partial charge in [-0.1, -0.05) is 19.8 Å². The fourth-order valence-corrected chi connectivity index (χ4v) is 1.44. The van der Waals surface area contributed by atoms with Crippen LogP contribution in [0.3, 0.4) is 0 Å². The molecule has 0 spiro atoms. The maximum Gasteiger partial charge on any atom is 0.326 e. The number of terminal acetylenes is 1. The maximum absolute atomic E-state index is 11.5. The first-order valence-corrected chi connectivity index (χ1v) is 6.07. The van der Waals surface area contributed by atoms with Gasteiger partial charge in [-0.2, -0.15) is 0 Å². The summed E-state index contributed by atoms with van der Waals surface area (Å²) >= 11 is 0. The lowest BCUT2D eigenvalue weighted by atomic mass is 10.1. The maximum atomic E-state index is 11.5. The van der Waals surface area contributed by atoms with E-state index in [0.29, 0.717) is 25.7 Å². The zero-order valence-corrected chi connectivity index (χ0v) is 10.4. The summed E-state index contributed by atoms with van der Waals surface area (Å²) in [4.78, 5) is 22.3. The van der Waals surface area contributed by atoms with Crippen molar-refractivity contribution in [3.05, 3.63) is 0 Å². The summed E-state index contributed by atoms with van der Waals surface area (Å²) in [6.07, 6.45) is 9.81. The van der Waals surface area contributed by atoms with Crippen molar-refractivity contribution in [2.24, 2.45) is 0 Å². The van der Waals surface area contributed by atoms with Crippen molar-refractivity contribution in [2.45, 2.75) is 57.9 Å². The highest BCUT2D eigenvalue weighted by molar-refractivity contribution is 5.83. The molecule has 0 aromatic rings. The van der Waals surface area contributed by atoms with Crippen LogP contribution < -0.4 is 5.32 Å². The van der Waals surface area contributed by atoms with Gasteiger partial charge in [-0.05, 0) is 19.3 Å². The van der Waals surface area contributed by atoms with Crippen LogP contribution in [0.15, 0.2) is 0 Å². The standard InChI is InChI=1S/C13H21NO3/c1-3-5-7-8-10-12(15)14-11(13(16)17)9-6-4-2/h1,11H,4-10H2,2H3,(H,14,15)(H,16,17). The average Bonchev–Trinajstić information content (AvgIpc) is 2.29. The van der Waals surface area contributed by atoms with Gasteiger partial charge in [0, 0.05) is 12.8 Å². The number of carbonyl (C=O) groups is 2. The number of hydrogen-bond donors (Lipinski definition) is 2. The highest BCUT2D eigenvalue weighted by Gasteiger charge is 2.18. The lowest BCUT2D eigenvalue weighted by molar-refractivity contribution is -0.142. The summed E-state index contributed by atoms with van der Waals surface area (Å²) in [5, 5.41) is 11.5. The molecule has 0 radical (unpaired) electrons. The fraction of sp³-hybridized carbons (Fsp3) is 0.692. The fourth-order valence-electron chi connectivity index (χ4n) is 1.44. The number of amides is 1. The minimum atomic E-state index is -0.963. The second-order valence-corrected chi connectivity index (χ2v) is 4.01. The van der Waals surface area contributed by atoms with Crippen LogP contribution >= 0.6 is 0 Å². The first-order chi connectivity index (χ1) is 8.11. The molecule has 0 aromatic carbocycles. The monoisotopic (exact) mass is 239 g/mol. The van der Waals surface area contributed by atoms with E-state index in [1.165, 1.54) is 0 Å². The van der Waals surface area contributed by atoms with Gasteiger partial charge < -0.3 is 10.4 Å². The third-order valence-corrected chi connectivity index (χ3v) is 2.45. The normalized spacial score (nSPS) is 11.5. The number of carbonyl (C=O) groups excluding carboxylic acids is 1. The first-order valence-electron chi connectivity index (χ1n) is 6.07. The molecular formula is C13H21NO3. The van der Waals surface area contributed by atoms with E-state index < -0.39 is 12.0 Å². The van der Waals surface area contributed by atoms with Crippen LogP contribution in [0.4, 0.5) is 0 Å². The van der Waals surface area contributed by atoms with Crippen LogP contribution in [0.2, 0.25) is 0 Å². The third-order valence-electron chi connectivity index (χ3n) is 2.45. The van der Waals surface area contributed by atoms with Crippen molar-refractivity contribution in [1.82, 2.24) is 5.32 Å². The minimum absolute atomic E-state index is 0.203. The Balaban J connectivity index is 3.88. The molecule has 0 fully saturated rings. The molecule has 4 heteroatoms. The molecule has 4 nitrogen and oxygen atoms in total. The molecule has 0 saturated carbocycles. The number of aliphatic carboxylic acids is 1. The molecule has 0 aliphatic heterocycles. The largest absolute Gasteiger partial charge is 0.480 e. The van der Waals surface area contributed by atoms with E-state index >= 15 is 0 Å². The highest BCUT2D eigenvalue weighted by Crippen LogP contribution is 2.03. The topological polar surface area (TPSA) is 66.4 Å². The van der Waals surface area contributed by atoms with Gasteiger partial charge in [0.05, 0.1) is 0 Å². The SMILES string of the molecule is C#CCCCCC(=O)NC(CCCC)C(=O)O. The van der Waals surface area contributed by atoms with E-state index in [1.54, 1.807) is 0 Å². The van der Waals surface area contributed by atoms with Gasteiger partial charge in [0.15, 0.2) is 0 Å². The van der Waals surface area contributed by atoms with Crippen LogP contribution in [0.5, 0.6) is 0 Å². The zero-order chi connectivity index (χ0) is 13.1. The number of nitrogens with one attached hydrogen (secondary N) is 1. The van der Waals surface area contributed by atoms with Crippen LogP contribution in [-0.4, -0.2) is 23.0 Å². The molecule has 0 bridgehead atoms. The Kier molecular flexibility index (Phi) is 8.85. The number of hydrogen-bond acceptors (Lipinski definition) is 2. The van der Waals surface area contributed by atoms with Crippen molar-refractivity contribution >= 4 is 11.9 Å². The summed E-state index contributed by atoms with van der Waals surface area (Å²) in [6, 6.07) is -0.755. The van der Waals surface area contributed by atoms with E-state index in [-0.39, 0.29) is 5.91 Å². The minimum Gasteiger partial charge on any atom is -0.480 e. The molecule has 17 heavy (non-hydrogen) atoms. The molecule has 1 atom stereocenters. The molecule has 1 unspecified atom stereocenters. The molecule has 0 aromatic heterocycles. The number of unbranched alkanes of at least 4 members (excludes halogenated alkanes) is 3. The Bertz CT molecular complexity index is 281. The second-order valence-electron chi connectivity index (χ2n) is 4.01. The van der Waals surface area contributed by atoms with E-state index in [1.807, 2.05) is 6.92 Å². The Labute approximate surface area is 103 Å². The molecule has 0 heterocycles. The van der Waals surface area contributed by atoms with Gasteiger partial charge in [0.1, 0.15) is 6.04 Å². The quantitative estimate of drug-likeness (QED) is 0.477. The molecular weight excluding hydrogens is 218 g/mol. The van der Waals surface area contributed by atoms with Crippen molar-refractivity contribution in [2.75, 3.05) is 0 Å². The van der Waals surface area contributed by atoms with Gasteiger partial charge >= 0.3 is 5.97 Å². The Morgan fingerprint density at radius 2 is 2.06 bits per heavy atom. The van der Waals surface area contributed by atoms with E-state index in [0.717, 1.165) is 19.3 Å². The van der Waals surface area contributed by atoms with Crippen LogP contribution in [0.25, 0.3) is 0 Å². The summed E-state index contributed by atoms with van der Waals surface area (Å²) in [7, 11) is 0. The molecule has 2 N–H and O–H groups in total. The smallest absolute Gasteiger partial charge is 0.326 e. The van der Waals surface area contributed by atoms with Crippen LogP contribution in [-0.2, 0) is 9.59 Å². The van der Waals surface area contributed by atoms with Crippen molar-refractivity contribution in [3.8, 4) is 12.3 Å². The van der Waals surface area contributed by atoms with Gasteiger partial charge in [-0.25, -0.2) is 4.79 Å². The molecule has 0 aliphatic rings. The van der Waals surface area contributed by atoms with Crippen LogP contribution in [0.1, 0.15) is 51.9 Å². The Hall–Kier alpha value is -1.50. The third kappa shape index (κ3) is 8.32. The Morgan fingerprint density at radius 3 is 2.59 bits per heavy atom. The first kappa shape index (κ1) is 15.5. The molecule has 0 rings (SSSR count). The molecule has 96 valence electrons. The van der Waals surface area contributed by atoms with Crippen molar-refractivity contribution in [1.29, 1.82) is 0 Å². The van der Waals surface area contributed by atoms with Gasteiger partial charge in [-0.3, -0.25) is 4.79 Å². The lowest BCUT2D eigenvalue weighted by Crippen LogP contribution is -2.40. The summed E-state index contributed by atoms with van der Waals surface area (Å²) in [6.45, 7) is 1.99.